The molecule has 0 heterocycles. The Balaban J connectivity index is 2.18. The first kappa shape index (κ1) is 17.6. The van der Waals surface area contributed by atoms with E-state index in [1.54, 1.807) is 30.3 Å². The first-order valence-electron chi connectivity index (χ1n) is 6.65. The lowest BCUT2D eigenvalue weighted by Crippen LogP contribution is -2.13. The van der Waals surface area contributed by atoms with Gasteiger partial charge in [-0.3, -0.25) is 4.79 Å². The average Bonchev–Trinajstić information content (AvgIpc) is 2.54. The quantitative estimate of drug-likeness (QED) is 0.632. The Morgan fingerprint density at radius 2 is 1.67 bits per heavy atom. The summed E-state index contributed by atoms with van der Waals surface area (Å²) in [6, 6.07) is 12.2. The molecule has 7 heteroatoms. The number of nitriles is 1. The highest BCUT2D eigenvalue weighted by Crippen LogP contribution is 2.29. The zero-order valence-electron chi connectivity index (χ0n) is 12.1. The molecule has 2 rings (SSSR count). The lowest BCUT2D eigenvalue weighted by molar-refractivity contribution is -0.137. The van der Waals surface area contributed by atoms with Crippen LogP contribution in [0.2, 0.25) is 5.02 Å². The topological polar surface area (TPSA) is 52.9 Å². The Morgan fingerprint density at radius 1 is 1.08 bits per heavy atom. The van der Waals surface area contributed by atoms with E-state index < -0.39 is 17.6 Å². The highest BCUT2D eigenvalue weighted by atomic mass is 35.5. The highest BCUT2D eigenvalue weighted by molar-refractivity contribution is 6.30. The normalized spacial score (nSPS) is 11.7. The van der Waals surface area contributed by atoms with E-state index in [0.29, 0.717) is 16.3 Å². The second kappa shape index (κ2) is 7.20. The minimum absolute atomic E-state index is 0.232. The second-order valence-electron chi connectivity index (χ2n) is 4.75. The van der Waals surface area contributed by atoms with Crippen LogP contribution in [0.15, 0.2) is 54.1 Å². The Kier molecular flexibility index (Phi) is 5.27. The van der Waals surface area contributed by atoms with E-state index in [4.69, 9.17) is 16.9 Å². The fraction of sp³-hybridized carbons (Fsp3) is 0.0588. The lowest BCUT2D eigenvalue weighted by Gasteiger charge is -2.07. The molecule has 0 saturated carbocycles. The number of carbonyl (C=O) groups excluding carboxylic acids is 1. The molecule has 0 fully saturated rings. The van der Waals surface area contributed by atoms with Gasteiger partial charge in [0.15, 0.2) is 0 Å². The van der Waals surface area contributed by atoms with Crippen molar-refractivity contribution in [1.29, 1.82) is 5.26 Å². The number of carbonyl (C=O) groups is 1. The molecule has 0 aromatic heterocycles. The third-order valence-electron chi connectivity index (χ3n) is 3.02. The van der Waals surface area contributed by atoms with Crippen LogP contribution in [0, 0.1) is 11.3 Å². The minimum Gasteiger partial charge on any atom is -0.321 e. The number of anilines is 1. The monoisotopic (exact) mass is 350 g/mol. The molecule has 0 unspecified atom stereocenters. The summed E-state index contributed by atoms with van der Waals surface area (Å²) in [4.78, 5) is 12.0. The molecule has 0 aliphatic rings. The van der Waals surface area contributed by atoms with Crippen LogP contribution in [0.4, 0.5) is 18.9 Å². The standard InChI is InChI=1S/C17H10ClF3N2O/c18-14-5-7-15(8-6-14)23-16(24)12(10-22)9-11-1-3-13(4-2-11)17(19,20)21/h1-9H,(H,23,24)/b12-9+. The van der Waals surface area contributed by atoms with E-state index in [1.807, 2.05) is 0 Å². The maximum absolute atomic E-state index is 12.5. The average molecular weight is 351 g/mol. The van der Waals surface area contributed by atoms with Gasteiger partial charge in [0.25, 0.3) is 5.91 Å². The molecule has 1 amide bonds. The molecule has 2 aromatic rings. The lowest BCUT2D eigenvalue weighted by atomic mass is 10.1. The van der Waals surface area contributed by atoms with Gasteiger partial charge in [-0.2, -0.15) is 18.4 Å². The molecular formula is C17H10ClF3N2O. The third-order valence-corrected chi connectivity index (χ3v) is 3.27. The molecule has 1 N–H and O–H groups in total. The molecule has 3 nitrogen and oxygen atoms in total. The van der Waals surface area contributed by atoms with Crippen molar-refractivity contribution in [3.63, 3.8) is 0 Å². The van der Waals surface area contributed by atoms with Gasteiger partial charge in [0, 0.05) is 10.7 Å². The van der Waals surface area contributed by atoms with Crippen molar-refractivity contribution >= 4 is 29.3 Å². The molecule has 0 radical (unpaired) electrons. The molecule has 24 heavy (non-hydrogen) atoms. The summed E-state index contributed by atoms with van der Waals surface area (Å²) < 4.78 is 37.5. The molecule has 0 atom stereocenters. The smallest absolute Gasteiger partial charge is 0.321 e. The summed E-state index contributed by atoms with van der Waals surface area (Å²) in [5.74, 6) is -0.667. The largest absolute Gasteiger partial charge is 0.416 e. The van der Waals surface area contributed by atoms with Gasteiger partial charge < -0.3 is 5.32 Å². The van der Waals surface area contributed by atoms with Gasteiger partial charge in [0.1, 0.15) is 11.6 Å². The number of benzene rings is 2. The summed E-state index contributed by atoms with van der Waals surface area (Å²) in [7, 11) is 0. The minimum atomic E-state index is -4.44. The van der Waals surface area contributed by atoms with Crippen molar-refractivity contribution in [2.45, 2.75) is 6.18 Å². The van der Waals surface area contributed by atoms with E-state index in [2.05, 4.69) is 5.32 Å². The molecule has 0 spiro atoms. The van der Waals surface area contributed by atoms with Crippen molar-refractivity contribution < 1.29 is 18.0 Å². The zero-order chi connectivity index (χ0) is 17.7. The SMILES string of the molecule is N#C/C(=C\c1ccc(C(F)(F)F)cc1)C(=O)Nc1ccc(Cl)cc1. The van der Waals surface area contributed by atoms with Gasteiger partial charge in [0.2, 0.25) is 0 Å². The summed E-state index contributed by atoms with van der Waals surface area (Å²) in [6.07, 6.45) is -3.22. The van der Waals surface area contributed by atoms with Crippen molar-refractivity contribution in [2.75, 3.05) is 5.32 Å². The number of alkyl halides is 3. The van der Waals surface area contributed by atoms with Crippen LogP contribution < -0.4 is 5.32 Å². The number of amides is 1. The molecule has 0 aliphatic carbocycles. The van der Waals surface area contributed by atoms with Crippen LogP contribution >= 0.6 is 11.6 Å². The van der Waals surface area contributed by atoms with Crippen LogP contribution in [0.1, 0.15) is 11.1 Å². The maximum Gasteiger partial charge on any atom is 0.416 e. The van der Waals surface area contributed by atoms with Crippen molar-refractivity contribution in [2.24, 2.45) is 0 Å². The fourth-order valence-corrected chi connectivity index (χ4v) is 1.94. The van der Waals surface area contributed by atoms with Crippen LogP contribution in [-0.2, 0) is 11.0 Å². The van der Waals surface area contributed by atoms with E-state index in [0.717, 1.165) is 12.1 Å². The molecule has 0 aliphatic heterocycles. The van der Waals surface area contributed by atoms with E-state index in [9.17, 15) is 18.0 Å². The highest BCUT2D eigenvalue weighted by Gasteiger charge is 2.29. The van der Waals surface area contributed by atoms with Crippen molar-refractivity contribution in [3.05, 3.63) is 70.3 Å². The number of hydrogen-bond donors (Lipinski definition) is 1. The Labute approximate surface area is 141 Å². The van der Waals surface area contributed by atoms with Crippen LogP contribution in [0.25, 0.3) is 6.08 Å². The Morgan fingerprint density at radius 3 is 2.17 bits per heavy atom. The van der Waals surface area contributed by atoms with Gasteiger partial charge >= 0.3 is 6.18 Å². The molecule has 0 bridgehead atoms. The molecular weight excluding hydrogens is 341 g/mol. The van der Waals surface area contributed by atoms with Gasteiger partial charge in [-0.1, -0.05) is 23.7 Å². The number of rotatable bonds is 3. The predicted octanol–water partition coefficient (Wildman–Crippen LogP) is 4.90. The van der Waals surface area contributed by atoms with Gasteiger partial charge in [-0.05, 0) is 48.0 Å². The summed E-state index contributed by atoms with van der Waals surface area (Å²) in [6.45, 7) is 0. The van der Waals surface area contributed by atoms with E-state index in [-0.39, 0.29) is 5.57 Å². The Bertz CT molecular complexity index is 804. The van der Waals surface area contributed by atoms with Gasteiger partial charge in [-0.15, -0.1) is 0 Å². The van der Waals surface area contributed by atoms with Gasteiger partial charge in [-0.25, -0.2) is 0 Å². The summed E-state index contributed by atoms with van der Waals surface area (Å²) in [5, 5.41) is 12.1. The van der Waals surface area contributed by atoms with Crippen LogP contribution in [0.3, 0.4) is 0 Å². The maximum atomic E-state index is 12.5. The zero-order valence-corrected chi connectivity index (χ0v) is 12.8. The number of nitrogens with zero attached hydrogens (tertiary/aromatic N) is 1. The third kappa shape index (κ3) is 4.61. The number of nitrogens with one attached hydrogen (secondary N) is 1. The molecule has 122 valence electrons. The Hall–Kier alpha value is -2.78. The van der Waals surface area contributed by atoms with Crippen molar-refractivity contribution in [3.8, 4) is 6.07 Å². The second-order valence-corrected chi connectivity index (χ2v) is 5.19. The molecule has 0 saturated heterocycles. The van der Waals surface area contributed by atoms with Crippen molar-refractivity contribution in [1.82, 2.24) is 0 Å². The van der Waals surface area contributed by atoms with Gasteiger partial charge in [0.05, 0.1) is 5.56 Å². The first-order chi connectivity index (χ1) is 11.3. The predicted molar refractivity (Wildman–Crippen MR) is 85.1 cm³/mol. The summed E-state index contributed by atoms with van der Waals surface area (Å²) >= 11 is 5.73. The van der Waals surface area contributed by atoms with E-state index >= 15 is 0 Å². The first-order valence-corrected chi connectivity index (χ1v) is 7.03. The summed E-state index contributed by atoms with van der Waals surface area (Å²) in [5.41, 5.74) is -0.280. The van der Waals surface area contributed by atoms with Crippen LogP contribution in [-0.4, -0.2) is 5.91 Å². The fourth-order valence-electron chi connectivity index (χ4n) is 1.82. The molecule has 2 aromatic carbocycles. The number of hydrogen-bond acceptors (Lipinski definition) is 2. The number of halogens is 4. The van der Waals surface area contributed by atoms with E-state index in [1.165, 1.54) is 18.2 Å². The van der Waals surface area contributed by atoms with Crippen LogP contribution in [0.5, 0.6) is 0 Å².